The fourth-order valence-electron chi connectivity index (χ4n) is 8.97. The summed E-state index contributed by atoms with van der Waals surface area (Å²) < 4.78 is 5.24. The number of hydrogen-bond donors (Lipinski definition) is 2. The number of esters is 1. The number of ketones is 2. The molecule has 0 amide bonds. The van der Waals surface area contributed by atoms with Gasteiger partial charge in [0, 0.05) is 0 Å². The van der Waals surface area contributed by atoms with E-state index >= 15 is 0 Å². The minimum absolute atomic E-state index is 0.154. The smallest absolute Gasteiger partial charge is 0.324 e. The molecule has 0 aromatic carbocycles. The molecule has 8 atom stereocenters. The molecule has 0 radical (unpaired) electrons. The number of hydrogen-bond acceptors (Lipinski definition) is 6. The van der Waals surface area contributed by atoms with Crippen LogP contribution in [0.2, 0.25) is 0 Å². The van der Waals surface area contributed by atoms with Gasteiger partial charge in [-0.1, -0.05) is 34.3 Å². The van der Waals surface area contributed by atoms with E-state index in [-0.39, 0.29) is 28.2 Å². The Morgan fingerprint density at radius 3 is 2.16 bits per heavy atom. The minimum Gasteiger partial charge on any atom is -0.468 e. The van der Waals surface area contributed by atoms with Gasteiger partial charge in [0.2, 0.25) is 0 Å². The van der Waals surface area contributed by atoms with E-state index < -0.39 is 45.5 Å². The van der Waals surface area contributed by atoms with Crippen molar-refractivity contribution in [3.05, 3.63) is 12.2 Å². The lowest BCUT2D eigenvalue weighted by atomic mass is 9.30. The Labute approximate surface area is 190 Å². The standard InChI is InChI=1S/C26H38O6/c1-14-23(5)13-16-22(4)11-10-17(27)21(2,3)15(22)9-12-24(16,6)26(14,20(30)32-8)19(29)25(7,31)18(23)28/h15-17,27,31H,1,9-13H2,2-8H3/t15?,16?,17?,22?,23-,24?,25?,26+/m1/s1. The van der Waals surface area contributed by atoms with Crippen LogP contribution in [0.5, 0.6) is 0 Å². The highest BCUT2D eigenvalue weighted by Gasteiger charge is 2.81. The van der Waals surface area contributed by atoms with Crippen molar-refractivity contribution in [2.24, 2.45) is 38.9 Å². The third kappa shape index (κ3) is 2.22. The van der Waals surface area contributed by atoms with Crippen molar-refractivity contribution in [2.45, 2.75) is 85.4 Å². The minimum atomic E-state index is -2.28. The Balaban J connectivity index is 2.02. The molecule has 0 spiro atoms. The SMILES string of the molecule is C=C1[C@@]2(C)CC3C4(C)CCC(O)C(C)(C)C4CCC3(C)[C@]1(C(=O)OC)C(=O)C(C)(O)C2=O. The molecule has 0 aromatic heterocycles. The molecule has 6 heteroatoms. The van der Waals surface area contributed by atoms with Gasteiger partial charge >= 0.3 is 5.97 Å². The number of aliphatic hydroxyl groups excluding tert-OH is 1. The Morgan fingerprint density at radius 2 is 1.59 bits per heavy atom. The van der Waals surface area contributed by atoms with Gasteiger partial charge in [-0.15, -0.1) is 0 Å². The van der Waals surface area contributed by atoms with Gasteiger partial charge in [-0.25, -0.2) is 0 Å². The third-order valence-corrected chi connectivity index (χ3v) is 10.8. The number of Topliss-reactive ketones (excluding diaryl/α,β-unsaturated/α-hetero) is 2. The van der Waals surface area contributed by atoms with Crippen LogP contribution in [0.1, 0.15) is 73.6 Å². The van der Waals surface area contributed by atoms with Crippen molar-refractivity contribution in [1.29, 1.82) is 0 Å². The molecule has 4 aliphatic carbocycles. The number of methoxy groups -OCH3 is 1. The molecule has 6 unspecified atom stereocenters. The lowest BCUT2D eigenvalue weighted by Crippen LogP contribution is -2.77. The highest BCUT2D eigenvalue weighted by atomic mass is 16.5. The number of carbonyl (C=O) groups excluding carboxylic acids is 3. The molecule has 32 heavy (non-hydrogen) atoms. The molecule has 0 saturated heterocycles. The number of ether oxygens (including phenoxy) is 1. The molecule has 2 N–H and O–H groups in total. The Kier molecular flexibility index (Phi) is 4.67. The van der Waals surface area contributed by atoms with E-state index in [1.54, 1.807) is 6.92 Å². The summed E-state index contributed by atoms with van der Waals surface area (Å²) in [5.74, 6) is -2.08. The molecule has 4 aliphatic rings. The number of carbonyl (C=O) groups is 3. The van der Waals surface area contributed by atoms with Gasteiger partial charge in [0.1, 0.15) is 0 Å². The molecular weight excluding hydrogens is 408 g/mol. The second kappa shape index (κ2) is 6.32. The molecule has 4 fully saturated rings. The van der Waals surface area contributed by atoms with Crippen LogP contribution in [0.4, 0.5) is 0 Å². The summed E-state index contributed by atoms with van der Waals surface area (Å²) in [6.07, 6.45) is 2.67. The van der Waals surface area contributed by atoms with Gasteiger partial charge in [0.15, 0.2) is 22.6 Å². The van der Waals surface area contributed by atoms with Gasteiger partial charge in [-0.05, 0) is 79.6 Å². The van der Waals surface area contributed by atoms with E-state index in [9.17, 15) is 24.6 Å². The van der Waals surface area contributed by atoms with Crippen LogP contribution in [-0.2, 0) is 19.1 Å². The fraction of sp³-hybridized carbons (Fsp3) is 0.808. The lowest BCUT2D eigenvalue weighted by Gasteiger charge is -2.72. The first-order chi connectivity index (χ1) is 14.5. The van der Waals surface area contributed by atoms with E-state index in [4.69, 9.17) is 4.74 Å². The molecule has 0 aliphatic heterocycles. The monoisotopic (exact) mass is 446 g/mol. The van der Waals surface area contributed by atoms with Crippen molar-refractivity contribution in [2.75, 3.05) is 7.11 Å². The average Bonchev–Trinajstić information content (AvgIpc) is 2.71. The van der Waals surface area contributed by atoms with Gasteiger partial charge < -0.3 is 14.9 Å². The van der Waals surface area contributed by atoms with Crippen LogP contribution in [0.25, 0.3) is 0 Å². The number of fused-ring (bicyclic) bond motifs is 6. The van der Waals surface area contributed by atoms with Crippen LogP contribution in [-0.4, -0.2) is 46.6 Å². The van der Waals surface area contributed by atoms with Crippen molar-refractivity contribution in [3.8, 4) is 0 Å². The summed E-state index contributed by atoms with van der Waals surface area (Å²) in [4.78, 5) is 41.1. The van der Waals surface area contributed by atoms with E-state index in [0.717, 1.165) is 12.8 Å². The van der Waals surface area contributed by atoms with E-state index in [1.807, 2.05) is 6.92 Å². The first-order valence-corrected chi connectivity index (χ1v) is 11.8. The first kappa shape index (κ1) is 23.6. The van der Waals surface area contributed by atoms with Crippen molar-refractivity contribution < 1.29 is 29.3 Å². The number of aliphatic hydroxyl groups is 2. The van der Waals surface area contributed by atoms with Crippen molar-refractivity contribution in [1.82, 2.24) is 0 Å². The maximum atomic E-state index is 14.0. The molecule has 0 aromatic rings. The highest BCUT2D eigenvalue weighted by molar-refractivity contribution is 6.26. The lowest BCUT2D eigenvalue weighted by molar-refractivity contribution is -0.232. The summed E-state index contributed by atoms with van der Waals surface area (Å²) >= 11 is 0. The molecule has 6 nitrogen and oxygen atoms in total. The first-order valence-electron chi connectivity index (χ1n) is 11.8. The molecule has 4 saturated carbocycles. The van der Waals surface area contributed by atoms with E-state index in [1.165, 1.54) is 14.0 Å². The third-order valence-electron chi connectivity index (χ3n) is 10.8. The Hall–Kier alpha value is -1.53. The molecule has 2 bridgehead atoms. The second-order valence-corrected chi connectivity index (χ2v) is 12.4. The molecule has 4 rings (SSSR count). The molecular formula is C26H38O6. The average molecular weight is 447 g/mol. The quantitative estimate of drug-likeness (QED) is 0.364. The number of rotatable bonds is 1. The summed E-state index contributed by atoms with van der Waals surface area (Å²) in [6.45, 7) is 15.5. The Bertz CT molecular complexity index is 923. The Morgan fingerprint density at radius 1 is 1.00 bits per heavy atom. The van der Waals surface area contributed by atoms with Crippen molar-refractivity contribution >= 4 is 17.5 Å². The van der Waals surface area contributed by atoms with E-state index in [2.05, 4.69) is 27.4 Å². The zero-order valence-corrected chi connectivity index (χ0v) is 20.5. The normalized spacial score (nSPS) is 52.2. The van der Waals surface area contributed by atoms with E-state index in [0.29, 0.717) is 19.3 Å². The van der Waals surface area contributed by atoms with Crippen LogP contribution >= 0.6 is 0 Å². The topological polar surface area (TPSA) is 101 Å². The highest BCUT2D eigenvalue weighted by Crippen LogP contribution is 2.76. The largest absolute Gasteiger partial charge is 0.468 e. The molecule has 178 valence electrons. The second-order valence-electron chi connectivity index (χ2n) is 12.4. The van der Waals surface area contributed by atoms with Gasteiger partial charge in [0.25, 0.3) is 0 Å². The predicted octanol–water partition coefficient (Wildman–Crippen LogP) is 3.23. The zero-order chi connectivity index (χ0) is 24.3. The molecule has 0 heterocycles. The van der Waals surface area contributed by atoms with Gasteiger partial charge in [-0.3, -0.25) is 14.4 Å². The van der Waals surface area contributed by atoms with Crippen LogP contribution < -0.4 is 0 Å². The summed E-state index contributed by atoms with van der Waals surface area (Å²) in [7, 11) is 1.25. The summed E-state index contributed by atoms with van der Waals surface area (Å²) in [5.41, 5.74) is -6.49. The predicted molar refractivity (Wildman–Crippen MR) is 118 cm³/mol. The fourth-order valence-corrected chi connectivity index (χ4v) is 8.97. The summed E-state index contributed by atoms with van der Waals surface area (Å²) in [6, 6.07) is 0. The van der Waals surface area contributed by atoms with Gasteiger partial charge in [0.05, 0.1) is 18.6 Å². The maximum absolute atomic E-state index is 14.0. The zero-order valence-electron chi connectivity index (χ0n) is 20.5. The summed E-state index contributed by atoms with van der Waals surface area (Å²) in [5, 5.41) is 22.0. The van der Waals surface area contributed by atoms with Gasteiger partial charge in [-0.2, -0.15) is 0 Å². The van der Waals surface area contributed by atoms with Crippen LogP contribution in [0, 0.1) is 38.9 Å². The van der Waals surface area contributed by atoms with Crippen LogP contribution in [0.15, 0.2) is 12.2 Å². The van der Waals surface area contributed by atoms with Crippen LogP contribution in [0.3, 0.4) is 0 Å². The van der Waals surface area contributed by atoms with Crippen molar-refractivity contribution in [3.63, 3.8) is 0 Å². The maximum Gasteiger partial charge on any atom is 0.324 e.